The number of rotatable bonds is 9. The molecule has 0 radical (unpaired) electrons. The van der Waals surface area contributed by atoms with E-state index in [0.717, 1.165) is 51.2 Å². The third-order valence-corrected chi connectivity index (χ3v) is 13.3. The lowest BCUT2D eigenvalue weighted by Gasteiger charge is -2.42. The Kier molecular flexibility index (Phi) is 13.2. The third kappa shape index (κ3) is 9.04. The molecule has 3 aromatic heterocycles. The van der Waals surface area contributed by atoms with Crippen molar-refractivity contribution in [3.8, 4) is 22.5 Å². The fraction of sp³-hybridized carbons (Fsp3) is 0.556. The zero-order chi connectivity index (χ0) is 43.7. The topological polar surface area (TPSA) is 163 Å². The van der Waals surface area contributed by atoms with Gasteiger partial charge >= 0.3 is 6.03 Å². The molecule has 7 rings (SSSR count). The smallest absolute Gasteiger partial charge is 0.320 e. The molecule has 16 heteroatoms. The summed E-state index contributed by atoms with van der Waals surface area (Å²) in [5.41, 5.74) is 9.68. The molecule has 4 atom stereocenters. The van der Waals surface area contributed by atoms with Gasteiger partial charge < -0.3 is 34.5 Å². The first-order valence-corrected chi connectivity index (χ1v) is 22.3. The second-order valence-electron chi connectivity index (χ2n) is 17.7. The van der Waals surface area contributed by atoms with Gasteiger partial charge in [0.15, 0.2) is 0 Å². The highest BCUT2D eigenvalue weighted by Gasteiger charge is 2.40. The lowest BCUT2D eigenvalue weighted by molar-refractivity contribution is -0.144. The number of amides is 5. The highest BCUT2D eigenvalue weighted by molar-refractivity contribution is 7.10. The Morgan fingerprint density at radius 1 is 1.13 bits per heavy atom. The van der Waals surface area contributed by atoms with Gasteiger partial charge in [0.2, 0.25) is 11.8 Å². The van der Waals surface area contributed by atoms with Crippen molar-refractivity contribution in [2.45, 2.75) is 104 Å². The number of urea groups is 1. The van der Waals surface area contributed by atoms with Crippen molar-refractivity contribution in [1.29, 1.82) is 0 Å². The number of aryl methyl sites for hydroxylation is 1. The first kappa shape index (κ1) is 44.2. The molecule has 15 nitrogen and oxygen atoms in total. The van der Waals surface area contributed by atoms with Gasteiger partial charge in [-0.3, -0.25) is 24.4 Å². The Bertz CT molecular complexity index is 2260. The van der Waals surface area contributed by atoms with E-state index in [1.54, 1.807) is 32.4 Å². The fourth-order valence-corrected chi connectivity index (χ4v) is 9.80. The highest BCUT2D eigenvalue weighted by Crippen LogP contribution is 2.42. The maximum absolute atomic E-state index is 14.5. The summed E-state index contributed by atoms with van der Waals surface area (Å²) >= 11 is 1.43. The number of nitrogens with one attached hydrogen (secondary N) is 3. The number of aromatic nitrogens is 3. The van der Waals surface area contributed by atoms with Gasteiger partial charge in [0.25, 0.3) is 5.91 Å². The Balaban J connectivity index is 1.29. The summed E-state index contributed by atoms with van der Waals surface area (Å²) in [4.78, 5) is 69.2. The van der Waals surface area contributed by atoms with Crippen molar-refractivity contribution in [2.24, 2.45) is 11.3 Å². The number of carbonyl (C=O) groups excluding carboxylic acids is 4. The van der Waals surface area contributed by atoms with Gasteiger partial charge in [0.05, 0.1) is 47.4 Å². The number of methoxy groups -OCH3 is 2. The Morgan fingerprint density at radius 2 is 1.90 bits per heavy atom. The van der Waals surface area contributed by atoms with Crippen molar-refractivity contribution in [2.75, 3.05) is 47.4 Å². The van der Waals surface area contributed by atoms with E-state index in [-0.39, 0.29) is 47.8 Å². The van der Waals surface area contributed by atoms with Crippen LogP contribution in [0.2, 0.25) is 0 Å². The number of pyridine rings is 1. The molecular formula is C45H61N9O6S. The average Bonchev–Trinajstić information content (AvgIpc) is 3.82. The molecule has 4 aromatic rings. The third-order valence-electron chi connectivity index (χ3n) is 12.4. The minimum Gasteiger partial charge on any atom is -0.378 e. The van der Waals surface area contributed by atoms with Gasteiger partial charge in [-0.2, -0.15) is 0 Å². The van der Waals surface area contributed by atoms with E-state index in [0.29, 0.717) is 50.4 Å². The maximum atomic E-state index is 14.5. The standard InChI is InChI=1S/C45H61N9O6S/c1-10-53-36-16-15-28-19-31(36)32(40(53)30-13-11-17-46-38(30)27(4)59-8)21-45(5,6)25-47-41(55)33-14-12-18-54(50-33)43(57)34(20-37-48-35(28)24-61-37)49-42(56)39(26(2)3)51(7)44(58)52-22-29(23-52)60-9/h11,13,15-17,19,24,26-27,29,33-34,39,50H,10,12,14,18,20-23,25H2,1-9H3,(H,47,55)(H,49,56)/t27-,33-,34-,39-/m0/s1. The molecule has 3 aliphatic rings. The zero-order valence-electron chi connectivity index (χ0n) is 36.9. The number of hydrogen-bond donors (Lipinski definition) is 3. The van der Waals surface area contributed by atoms with E-state index >= 15 is 0 Å². The molecule has 0 spiro atoms. The normalized spacial score (nSPS) is 20.8. The summed E-state index contributed by atoms with van der Waals surface area (Å²) in [5.74, 6) is -1.26. The number of hydrogen-bond acceptors (Lipinski definition) is 10. The molecule has 0 unspecified atom stereocenters. The lowest BCUT2D eigenvalue weighted by Crippen LogP contribution is -2.64. The van der Waals surface area contributed by atoms with Crippen LogP contribution in [-0.4, -0.2) is 125 Å². The van der Waals surface area contributed by atoms with Crippen LogP contribution in [0.5, 0.6) is 0 Å². The minimum absolute atomic E-state index is 0.0324. The monoisotopic (exact) mass is 855 g/mol. The van der Waals surface area contributed by atoms with Gasteiger partial charge in [0.1, 0.15) is 18.1 Å². The molecule has 3 N–H and O–H groups in total. The number of nitrogens with zero attached hydrogens (tertiary/aromatic N) is 6. The van der Waals surface area contributed by atoms with Crippen molar-refractivity contribution in [3.63, 3.8) is 0 Å². The van der Waals surface area contributed by atoms with Crippen molar-refractivity contribution in [1.82, 2.24) is 45.4 Å². The first-order valence-electron chi connectivity index (χ1n) is 21.4. The number of benzene rings is 1. The van der Waals surface area contributed by atoms with Gasteiger partial charge in [-0.25, -0.2) is 15.2 Å². The highest BCUT2D eigenvalue weighted by atomic mass is 32.1. The number of carbonyl (C=O) groups is 4. The van der Waals surface area contributed by atoms with E-state index in [2.05, 4.69) is 65.7 Å². The zero-order valence-corrected chi connectivity index (χ0v) is 37.7. The average molecular weight is 856 g/mol. The molecule has 61 heavy (non-hydrogen) atoms. The molecule has 2 fully saturated rings. The van der Waals surface area contributed by atoms with Gasteiger partial charge in [0, 0.05) is 80.9 Å². The quantitative estimate of drug-likeness (QED) is 0.206. The van der Waals surface area contributed by atoms with Crippen LogP contribution in [0, 0.1) is 11.3 Å². The molecule has 328 valence electrons. The van der Waals surface area contributed by atoms with Crippen LogP contribution < -0.4 is 16.1 Å². The summed E-state index contributed by atoms with van der Waals surface area (Å²) in [6, 6.07) is 7.71. The Morgan fingerprint density at radius 3 is 2.61 bits per heavy atom. The predicted molar refractivity (Wildman–Crippen MR) is 236 cm³/mol. The van der Waals surface area contributed by atoms with Crippen LogP contribution in [0.15, 0.2) is 41.9 Å². The number of hydrazine groups is 1. The number of thiazole rings is 1. The van der Waals surface area contributed by atoms with Gasteiger partial charge in [-0.1, -0.05) is 33.8 Å². The molecular weight excluding hydrogens is 795 g/mol. The van der Waals surface area contributed by atoms with Crippen LogP contribution in [0.3, 0.4) is 0 Å². The molecule has 0 saturated carbocycles. The van der Waals surface area contributed by atoms with Crippen LogP contribution in [0.1, 0.15) is 76.8 Å². The van der Waals surface area contributed by atoms with Crippen LogP contribution >= 0.6 is 11.3 Å². The van der Waals surface area contributed by atoms with Crippen molar-refractivity contribution < 1.29 is 28.7 Å². The second-order valence-corrected chi connectivity index (χ2v) is 18.7. The summed E-state index contributed by atoms with van der Waals surface area (Å²) in [5, 5.41) is 11.5. The van der Waals surface area contributed by atoms with E-state index in [1.807, 2.05) is 32.2 Å². The van der Waals surface area contributed by atoms with Crippen molar-refractivity contribution >= 4 is 46.0 Å². The lowest BCUT2D eigenvalue weighted by atomic mass is 9.83. The SMILES string of the molecule is CCn1c(-c2cccnc2[C@H](C)OC)c2c3cc(ccc31)-c1csc(n1)C[C@H](NC(=O)[C@H](C(C)C)N(C)C(=O)N1CC(OC)C1)C(=O)N1CCC[C@H](N1)C(=O)NCC(C)(C)C2. The Labute approximate surface area is 362 Å². The van der Waals surface area contributed by atoms with E-state index in [4.69, 9.17) is 19.4 Å². The van der Waals surface area contributed by atoms with Crippen LogP contribution in [0.4, 0.5) is 4.79 Å². The number of ether oxygens (including phenoxy) is 2. The van der Waals surface area contributed by atoms with Crippen LogP contribution in [0.25, 0.3) is 33.4 Å². The molecule has 1 aromatic carbocycles. The van der Waals surface area contributed by atoms with E-state index in [9.17, 15) is 19.2 Å². The summed E-state index contributed by atoms with van der Waals surface area (Å²) < 4.78 is 13.5. The van der Waals surface area contributed by atoms with Gasteiger partial charge in [-0.15, -0.1) is 11.3 Å². The predicted octanol–water partition coefficient (Wildman–Crippen LogP) is 5.18. The van der Waals surface area contributed by atoms with E-state index < -0.39 is 24.0 Å². The molecule has 6 bridgehead atoms. The largest absolute Gasteiger partial charge is 0.378 e. The summed E-state index contributed by atoms with van der Waals surface area (Å²) in [6.07, 6.45) is 3.45. The molecule has 2 saturated heterocycles. The number of likely N-dealkylation sites (tertiary alicyclic amines) is 1. The summed E-state index contributed by atoms with van der Waals surface area (Å²) in [7, 11) is 4.93. The van der Waals surface area contributed by atoms with Gasteiger partial charge in [-0.05, 0) is 74.3 Å². The molecule has 0 aliphatic carbocycles. The van der Waals surface area contributed by atoms with Crippen LogP contribution in [-0.2, 0) is 43.2 Å². The van der Waals surface area contributed by atoms with Crippen molar-refractivity contribution in [3.05, 3.63) is 58.2 Å². The molecule has 5 amide bonds. The molecule has 3 aliphatic heterocycles. The summed E-state index contributed by atoms with van der Waals surface area (Å²) in [6.45, 7) is 14.6. The Hall–Kier alpha value is -4.90. The first-order chi connectivity index (χ1) is 29.1. The maximum Gasteiger partial charge on any atom is 0.320 e. The minimum atomic E-state index is -1.02. The number of fused-ring (bicyclic) bond motifs is 6. The molecule has 6 heterocycles. The second kappa shape index (κ2) is 18.2. The number of likely N-dealkylation sites (N-methyl/N-ethyl adjacent to an activating group) is 1. The van der Waals surface area contributed by atoms with E-state index in [1.165, 1.54) is 21.2 Å². The fourth-order valence-electron chi connectivity index (χ4n) is 8.95.